The first kappa shape index (κ1) is 16.8. The maximum atomic E-state index is 12.7. The predicted octanol–water partition coefficient (Wildman–Crippen LogP) is 2.43. The Morgan fingerprint density at radius 2 is 2.10 bits per heavy atom. The van der Waals surface area contributed by atoms with Crippen molar-refractivity contribution in [1.29, 1.82) is 0 Å². The van der Waals surface area contributed by atoms with Gasteiger partial charge in [0.05, 0.1) is 6.61 Å². The summed E-state index contributed by atoms with van der Waals surface area (Å²) < 4.78 is 5.44. The molecule has 1 heterocycles. The Balaban J connectivity index is 2.16. The second-order valence-corrected chi connectivity index (χ2v) is 7.89. The third kappa shape index (κ3) is 3.98. The number of likely N-dealkylation sites (tertiary alicyclic amines) is 1. The highest BCUT2D eigenvalue weighted by Gasteiger charge is 2.53. The van der Waals surface area contributed by atoms with Gasteiger partial charge in [-0.1, -0.05) is 13.8 Å². The van der Waals surface area contributed by atoms with E-state index in [1.165, 1.54) is 6.42 Å². The topological polar surface area (TPSA) is 41.6 Å². The standard InChI is InChI=1S/C17H32N2O2/c1-6-21-15(20)17(14-7-8-14,18-13(2)3)12-19-10-9-16(4,5)11-19/h13-14,18H,6-12H2,1-5H3. The average Bonchev–Trinajstić information content (AvgIpc) is 3.14. The highest BCUT2D eigenvalue weighted by atomic mass is 16.5. The van der Waals surface area contributed by atoms with E-state index >= 15 is 0 Å². The number of carbonyl (C=O) groups excluding carboxylic acids is 1. The Morgan fingerprint density at radius 1 is 1.43 bits per heavy atom. The Morgan fingerprint density at radius 3 is 2.52 bits per heavy atom. The zero-order valence-electron chi connectivity index (χ0n) is 14.4. The molecule has 4 nitrogen and oxygen atoms in total. The number of ether oxygens (including phenoxy) is 1. The molecular weight excluding hydrogens is 264 g/mol. The first-order valence-corrected chi connectivity index (χ1v) is 8.46. The molecule has 0 bridgehead atoms. The Bertz CT molecular complexity index is 377. The molecule has 1 aliphatic heterocycles. The number of carbonyl (C=O) groups is 1. The van der Waals surface area contributed by atoms with Gasteiger partial charge in [0.1, 0.15) is 5.54 Å². The van der Waals surface area contributed by atoms with Crippen molar-refractivity contribution in [3.8, 4) is 0 Å². The van der Waals surface area contributed by atoms with Crippen LogP contribution in [-0.4, -0.2) is 48.7 Å². The minimum Gasteiger partial charge on any atom is -0.465 e. The fourth-order valence-electron chi connectivity index (χ4n) is 3.65. The van der Waals surface area contributed by atoms with Crippen molar-refractivity contribution in [3.05, 3.63) is 0 Å². The molecule has 0 spiro atoms. The van der Waals surface area contributed by atoms with Crippen LogP contribution in [0.3, 0.4) is 0 Å². The second kappa shape index (κ2) is 6.25. The number of nitrogens with zero attached hydrogens (tertiary/aromatic N) is 1. The summed E-state index contributed by atoms with van der Waals surface area (Å²) >= 11 is 0. The zero-order chi connectivity index (χ0) is 15.7. The molecule has 1 saturated carbocycles. The largest absolute Gasteiger partial charge is 0.465 e. The molecule has 0 amide bonds. The molecule has 1 unspecified atom stereocenters. The van der Waals surface area contributed by atoms with Gasteiger partial charge in [-0.15, -0.1) is 0 Å². The summed E-state index contributed by atoms with van der Waals surface area (Å²) in [5.41, 5.74) is -0.146. The van der Waals surface area contributed by atoms with Gasteiger partial charge in [-0.05, 0) is 57.9 Å². The summed E-state index contributed by atoms with van der Waals surface area (Å²) in [4.78, 5) is 15.2. The van der Waals surface area contributed by atoms with Crippen molar-refractivity contribution in [2.45, 2.75) is 65.5 Å². The summed E-state index contributed by atoms with van der Waals surface area (Å²) in [6.45, 7) is 14.1. The minimum atomic E-state index is -0.509. The van der Waals surface area contributed by atoms with Crippen LogP contribution >= 0.6 is 0 Å². The molecular formula is C17H32N2O2. The van der Waals surface area contributed by atoms with Crippen LogP contribution in [0.1, 0.15) is 53.9 Å². The number of hydrogen-bond donors (Lipinski definition) is 1. The summed E-state index contributed by atoms with van der Waals surface area (Å²) in [5, 5.41) is 3.58. The molecule has 21 heavy (non-hydrogen) atoms. The lowest BCUT2D eigenvalue weighted by atomic mass is 9.90. The first-order chi connectivity index (χ1) is 9.79. The molecule has 122 valence electrons. The lowest BCUT2D eigenvalue weighted by Gasteiger charge is -2.38. The Kier molecular flexibility index (Phi) is 4.99. The number of rotatable bonds is 7. The molecule has 0 aromatic carbocycles. The van der Waals surface area contributed by atoms with Crippen LogP contribution in [0.25, 0.3) is 0 Å². The van der Waals surface area contributed by atoms with E-state index in [1.807, 2.05) is 6.92 Å². The normalized spacial score (nSPS) is 25.0. The zero-order valence-corrected chi connectivity index (χ0v) is 14.4. The highest BCUT2D eigenvalue weighted by Crippen LogP contribution is 2.42. The lowest BCUT2D eigenvalue weighted by Crippen LogP contribution is -2.63. The number of hydrogen-bond acceptors (Lipinski definition) is 4. The van der Waals surface area contributed by atoms with E-state index in [4.69, 9.17) is 4.74 Å². The van der Waals surface area contributed by atoms with Gasteiger partial charge in [-0.25, -0.2) is 4.79 Å². The summed E-state index contributed by atoms with van der Waals surface area (Å²) in [5.74, 6) is 0.383. The monoisotopic (exact) mass is 296 g/mol. The quantitative estimate of drug-likeness (QED) is 0.733. The van der Waals surface area contributed by atoms with E-state index in [1.54, 1.807) is 0 Å². The van der Waals surface area contributed by atoms with Crippen LogP contribution in [0.2, 0.25) is 0 Å². The van der Waals surface area contributed by atoms with Crippen LogP contribution in [0.5, 0.6) is 0 Å². The lowest BCUT2D eigenvalue weighted by molar-refractivity contribution is -0.153. The first-order valence-electron chi connectivity index (χ1n) is 8.46. The van der Waals surface area contributed by atoms with Gasteiger partial charge in [0.15, 0.2) is 0 Å². The van der Waals surface area contributed by atoms with Crippen molar-refractivity contribution in [2.24, 2.45) is 11.3 Å². The number of esters is 1. The number of nitrogens with one attached hydrogen (secondary N) is 1. The smallest absolute Gasteiger partial charge is 0.327 e. The molecule has 0 aromatic rings. The summed E-state index contributed by atoms with van der Waals surface area (Å²) in [6.07, 6.45) is 3.48. The third-order valence-corrected chi connectivity index (χ3v) is 4.69. The van der Waals surface area contributed by atoms with E-state index in [9.17, 15) is 4.79 Å². The molecule has 1 atom stereocenters. The van der Waals surface area contributed by atoms with Crippen molar-refractivity contribution >= 4 is 5.97 Å². The van der Waals surface area contributed by atoms with Gasteiger partial charge >= 0.3 is 5.97 Å². The van der Waals surface area contributed by atoms with Crippen molar-refractivity contribution < 1.29 is 9.53 Å². The van der Waals surface area contributed by atoms with E-state index in [0.717, 1.165) is 32.5 Å². The fourth-order valence-corrected chi connectivity index (χ4v) is 3.65. The van der Waals surface area contributed by atoms with Crippen LogP contribution < -0.4 is 5.32 Å². The molecule has 2 aliphatic rings. The van der Waals surface area contributed by atoms with Crippen LogP contribution in [0.15, 0.2) is 0 Å². The van der Waals surface area contributed by atoms with Gasteiger partial charge in [-0.2, -0.15) is 0 Å². The van der Waals surface area contributed by atoms with Gasteiger partial charge in [0.2, 0.25) is 0 Å². The highest BCUT2D eigenvalue weighted by molar-refractivity contribution is 5.82. The predicted molar refractivity (Wildman–Crippen MR) is 85.2 cm³/mol. The van der Waals surface area contributed by atoms with Gasteiger partial charge in [-0.3, -0.25) is 5.32 Å². The Labute approximate surface area is 129 Å². The van der Waals surface area contributed by atoms with Crippen molar-refractivity contribution in [3.63, 3.8) is 0 Å². The molecule has 2 fully saturated rings. The van der Waals surface area contributed by atoms with E-state index < -0.39 is 5.54 Å². The van der Waals surface area contributed by atoms with Crippen molar-refractivity contribution in [1.82, 2.24) is 10.2 Å². The maximum absolute atomic E-state index is 12.7. The van der Waals surface area contributed by atoms with Gasteiger partial charge < -0.3 is 9.64 Å². The molecule has 0 radical (unpaired) electrons. The molecule has 1 aliphatic carbocycles. The molecule has 1 N–H and O–H groups in total. The summed E-state index contributed by atoms with van der Waals surface area (Å²) in [6, 6.07) is 0.283. The maximum Gasteiger partial charge on any atom is 0.327 e. The Hall–Kier alpha value is -0.610. The van der Waals surface area contributed by atoms with Gasteiger partial charge in [0.25, 0.3) is 0 Å². The average molecular weight is 296 g/mol. The van der Waals surface area contributed by atoms with Gasteiger partial charge in [0, 0.05) is 19.1 Å². The molecule has 2 rings (SSSR count). The van der Waals surface area contributed by atoms with E-state index in [0.29, 0.717) is 17.9 Å². The third-order valence-electron chi connectivity index (χ3n) is 4.69. The van der Waals surface area contributed by atoms with E-state index in [2.05, 4.69) is 37.9 Å². The van der Waals surface area contributed by atoms with Crippen LogP contribution in [0, 0.1) is 11.3 Å². The second-order valence-electron chi connectivity index (χ2n) is 7.89. The molecule has 4 heteroatoms. The minimum absolute atomic E-state index is 0.0501. The molecule has 0 aromatic heterocycles. The SMILES string of the molecule is CCOC(=O)C(CN1CCC(C)(C)C1)(NC(C)C)C1CC1. The summed E-state index contributed by atoms with van der Waals surface area (Å²) in [7, 11) is 0. The molecule has 1 saturated heterocycles. The van der Waals surface area contributed by atoms with Crippen molar-refractivity contribution in [2.75, 3.05) is 26.2 Å². The van der Waals surface area contributed by atoms with E-state index in [-0.39, 0.29) is 12.0 Å². The van der Waals surface area contributed by atoms with Crippen LogP contribution in [-0.2, 0) is 9.53 Å². The fraction of sp³-hybridized carbons (Fsp3) is 0.941. The van der Waals surface area contributed by atoms with Crippen LogP contribution in [0.4, 0.5) is 0 Å².